The van der Waals surface area contributed by atoms with Crippen molar-refractivity contribution < 1.29 is 22.8 Å². The first-order chi connectivity index (χ1) is 24.5. The van der Waals surface area contributed by atoms with Crippen LogP contribution in [0.2, 0.25) is 0 Å². The SMILES string of the molecule is C=CCC(=O)Nc1cccc2cccnc12.Cc1ccc(C(F)(F)F)cc1.Cc1ccc(CCC2CC(=O)N2c2cccc3cccnc23)cc1. The molecular formula is C42H39F3N4O2. The van der Waals surface area contributed by atoms with Gasteiger partial charge in [0, 0.05) is 42.0 Å². The highest BCUT2D eigenvalue weighted by atomic mass is 19.4. The third-order valence-corrected chi connectivity index (χ3v) is 8.42. The number of anilines is 2. The van der Waals surface area contributed by atoms with Crippen LogP contribution in [0.1, 0.15) is 41.5 Å². The monoisotopic (exact) mass is 688 g/mol. The Bertz CT molecular complexity index is 2100. The third kappa shape index (κ3) is 9.66. The summed E-state index contributed by atoms with van der Waals surface area (Å²) in [6.07, 6.45) is 3.79. The van der Waals surface area contributed by atoms with Gasteiger partial charge < -0.3 is 10.2 Å². The van der Waals surface area contributed by atoms with Crippen molar-refractivity contribution in [3.05, 3.63) is 156 Å². The second-order valence-electron chi connectivity index (χ2n) is 12.3. The van der Waals surface area contributed by atoms with Crippen LogP contribution in [0.25, 0.3) is 21.8 Å². The van der Waals surface area contributed by atoms with Crippen molar-refractivity contribution in [3.63, 3.8) is 0 Å². The maximum Gasteiger partial charge on any atom is 0.416 e. The van der Waals surface area contributed by atoms with Crippen molar-refractivity contribution >= 4 is 45.0 Å². The number of β-lactam (4-membered cyclic amide) rings is 1. The zero-order chi connectivity index (χ0) is 36.4. The molecule has 2 amide bonds. The average molecular weight is 689 g/mol. The van der Waals surface area contributed by atoms with Crippen molar-refractivity contribution in [1.29, 1.82) is 0 Å². The molecule has 1 aliphatic heterocycles. The number of hydrogen-bond donors (Lipinski definition) is 1. The summed E-state index contributed by atoms with van der Waals surface area (Å²) in [5.41, 5.74) is 6.25. The highest BCUT2D eigenvalue weighted by molar-refractivity contribution is 6.07. The first-order valence-corrected chi connectivity index (χ1v) is 16.6. The minimum atomic E-state index is -4.21. The number of aryl methyl sites for hydroxylation is 3. The first kappa shape index (κ1) is 36.5. The summed E-state index contributed by atoms with van der Waals surface area (Å²) in [7, 11) is 0. The number of pyridine rings is 2. The van der Waals surface area contributed by atoms with Crippen LogP contribution >= 0.6 is 0 Å². The van der Waals surface area contributed by atoms with E-state index in [9.17, 15) is 22.8 Å². The standard InChI is InChI=1S/C21H20N2O.C13H12N2O.C8H7F3/c1-15-7-9-16(10-8-15)11-12-18-14-20(24)23(18)19-6-2-4-17-5-3-13-22-21(17)19;1-2-5-12(16)15-11-8-3-6-10-7-4-9-14-13(10)11;1-6-2-4-7(5-3-6)8(9,10)11/h2-10,13,18H,11-12,14H2,1H3;2-4,6-9H,1,5H2,(H,15,16);2-5H,1H3. The van der Waals surface area contributed by atoms with Gasteiger partial charge in [-0.25, -0.2) is 0 Å². The number of nitrogens with zero attached hydrogens (tertiary/aromatic N) is 3. The largest absolute Gasteiger partial charge is 0.416 e. The predicted octanol–water partition coefficient (Wildman–Crippen LogP) is 10.0. The summed E-state index contributed by atoms with van der Waals surface area (Å²) in [5.74, 6) is 0.121. The lowest BCUT2D eigenvalue weighted by molar-refractivity contribution is -0.137. The summed E-state index contributed by atoms with van der Waals surface area (Å²) >= 11 is 0. The fraction of sp³-hybridized carbons (Fsp3) is 0.190. The molecule has 7 rings (SSSR count). The maximum atomic E-state index is 12.2. The Kier molecular flexibility index (Phi) is 11.9. The van der Waals surface area contributed by atoms with Gasteiger partial charge in [-0.1, -0.05) is 90.0 Å². The fourth-order valence-corrected chi connectivity index (χ4v) is 5.70. The van der Waals surface area contributed by atoms with Crippen molar-refractivity contribution in [2.45, 2.75) is 51.7 Å². The van der Waals surface area contributed by atoms with Crippen molar-refractivity contribution in [2.24, 2.45) is 0 Å². The van der Waals surface area contributed by atoms with Gasteiger partial charge in [0.25, 0.3) is 0 Å². The van der Waals surface area contributed by atoms with Crippen molar-refractivity contribution in [2.75, 3.05) is 10.2 Å². The molecule has 1 unspecified atom stereocenters. The highest BCUT2D eigenvalue weighted by Gasteiger charge is 2.37. The van der Waals surface area contributed by atoms with Gasteiger partial charge in [-0.15, -0.1) is 6.58 Å². The number of benzene rings is 4. The summed E-state index contributed by atoms with van der Waals surface area (Å²) < 4.78 is 35.8. The lowest BCUT2D eigenvalue weighted by Crippen LogP contribution is -2.53. The number of carbonyl (C=O) groups excluding carboxylic acids is 2. The van der Waals surface area contributed by atoms with E-state index in [-0.39, 0.29) is 17.9 Å². The number of hydrogen-bond acceptors (Lipinski definition) is 4. The van der Waals surface area contributed by atoms with E-state index >= 15 is 0 Å². The zero-order valence-corrected chi connectivity index (χ0v) is 28.5. The number of halogens is 3. The molecule has 0 spiro atoms. The Morgan fingerprint density at radius 2 is 1.39 bits per heavy atom. The lowest BCUT2D eigenvalue weighted by atomic mass is 9.93. The van der Waals surface area contributed by atoms with E-state index in [1.54, 1.807) is 25.4 Å². The fourth-order valence-electron chi connectivity index (χ4n) is 5.70. The van der Waals surface area contributed by atoms with Crippen LogP contribution in [0.3, 0.4) is 0 Å². The second-order valence-corrected chi connectivity index (χ2v) is 12.3. The van der Waals surface area contributed by atoms with Gasteiger partial charge in [0.15, 0.2) is 0 Å². The van der Waals surface area contributed by atoms with Gasteiger partial charge in [-0.2, -0.15) is 13.2 Å². The smallest absolute Gasteiger partial charge is 0.324 e. The number of para-hydroxylation sites is 2. The van der Waals surface area contributed by atoms with Gasteiger partial charge in [0.2, 0.25) is 11.8 Å². The second kappa shape index (κ2) is 16.7. The molecule has 9 heteroatoms. The molecule has 0 radical (unpaired) electrons. The first-order valence-electron chi connectivity index (χ1n) is 16.6. The lowest BCUT2D eigenvalue weighted by Gasteiger charge is -2.41. The van der Waals surface area contributed by atoms with Gasteiger partial charge in [-0.05, 0) is 68.7 Å². The normalized spacial score (nSPS) is 13.7. The van der Waals surface area contributed by atoms with Crippen LogP contribution in [-0.4, -0.2) is 27.8 Å². The summed E-state index contributed by atoms with van der Waals surface area (Å²) in [6.45, 7) is 7.38. The van der Waals surface area contributed by atoms with Gasteiger partial charge >= 0.3 is 6.18 Å². The van der Waals surface area contributed by atoms with E-state index in [0.29, 0.717) is 12.8 Å². The minimum Gasteiger partial charge on any atom is -0.324 e. The molecule has 260 valence electrons. The highest BCUT2D eigenvalue weighted by Crippen LogP contribution is 2.35. The number of amides is 2. The van der Waals surface area contributed by atoms with Crippen LogP contribution in [-0.2, 0) is 22.2 Å². The molecule has 0 bridgehead atoms. The quantitative estimate of drug-likeness (QED) is 0.134. The molecule has 2 aromatic heterocycles. The summed E-state index contributed by atoms with van der Waals surface area (Å²) in [6, 6.07) is 33.5. The third-order valence-electron chi connectivity index (χ3n) is 8.42. The molecule has 4 aromatic carbocycles. The van der Waals surface area contributed by atoms with Crippen LogP contribution in [0.4, 0.5) is 24.5 Å². The van der Waals surface area contributed by atoms with Crippen LogP contribution in [0.5, 0.6) is 0 Å². The number of carbonyl (C=O) groups is 2. The molecule has 1 atom stereocenters. The molecule has 0 saturated carbocycles. The van der Waals surface area contributed by atoms with E-state index in [2.05, 4.69) is 53.1 Å². The van der Waals surface area contributed by atoms with Gasteiger partial charge in [-0.3, -0.25) is 19.6 Å². The topological polar surface area (TPSA) is 75.2 Å². The molecular weight excluding hydrogens is 649 g/mol. The minimum absolute atomic E-state index is 0.0758. The van der Waals surface area contributed by atoms with Crippen LogP contribution in [0.15, 0.2) is 134 Å². The molecule has 1 fully saturated rings. The average Bonchev–Trinajstić information content (AvgIpc) is 3.11. The number of fused-ring (bicyclic) bond motifs is 2. The summed E-state index contributed by atoms with van der Waals surface area (Å²) in [5, 5.41) is 4.90. The Labute approximate surface area is 295 Å². The Hall–Kier alpha value is -5.83. The Balaban J connectivity index is 0.000000161. The number of nitrogens with one attached hydrogen (secondary N) is 1. The van der Waals surface area contributed by atoms with E-state index in [4.69, 9.17) is 0 Å². The molecule has 6 nitrogen and oxygen atoms in total. The van der Waals surface area contributed by atoms with Crippen LogP contribution < -0.4 is 10.2 Å². The predicted molar refractivity (Wildman–Crippen MR) is 199 cm³/mol. The Morgan fingerprint density at radius 3 is 2.00 bits per heavy atom. The van der Waals surface area contributed by atoms with Crippen LogP contribution in [0, 0.1) is 13.8 Å². The number of aromatic nitrogens is 2. The van der Waals surface area contributed by atoms with Gasteiger partial charge in [0.05, 0.1) is 28.0 Å². The van der Waals surface area contributed by atoms with E-state index in [1.165, 1.54) is 23.3 Å². The van der Waals surface area contributed by atoms with Crippen molar-refractivity contribution in [1.82, 2.24) is 9.97 Å². The van der Waals surface area contributed by atoms with E-state index < -0.39 is 11.7 Å². The van der Waals surface area contributed by atoms with Crippen molar-refractivity contribution in [3.8, 4) is 0 Å². The zero-order valence-electron chi connectivity index (χ0n) is 28.5. The summed E-state index contributed by atoms with van der Waals surface area (Å²) in [4.78, 5) is 34.4. The van der Waals surface area contributed by atoms with E-state index in [0.717, 1.165) is 63.7 Å². The molecule has 1 saturated heterocycles. The molecule has 1 N–H and O–H groups in total. The number of rotatable bonds is 7. The molecule has 0 aliphatic carbocycles. The molecule has 3 heterocycles. The van der Waals surface area contributed by atoms with E-state index in [1.807, 2.05) is 65.6 Å². The Morgan fingerprint density at radius 1 is 0.824 bits per heavy atom. The maximum absolute atomic E-state index is 12.2. The molecule has 6 aromatic rings. The molecule has 51 heavy (non-hydrogen) atoms. The van der Waals surface area contributed by atoms with Gasteiger partial charge in [0.1, 0.15) is 0 Å². The number of alkyl halides is 3. The molecule has 1 aliphatic rings.